The van der Waals surface area contributed by atoms with Crippen molar-refractivity contribution in [2.24, 2.45) is 0 Å². The van der Waals surface area contributed by atoms with Crippen molar-refractivity contribution in [1.82, 2.24) is 4.98 Å². The van der Waals surface area contributed by atoms with E-state index in [0.29, 0.717) is 5.39 Å². The van der Waals surface area contributed by atoms with Gasteiger partial charge in [0.05, 0.1) is 10.4 Å². The summed E-state index contributed by atoms with van der Waals surface area (Å²) in [5.41, 5.74) is -9.59. The van der Waals surface area contributed by atoms with Crippen LogP contribution >= 0.6 is 15.9 Å². The van der Waals surface area contributed by atoms with Gasteiger partial charge < -0.3 is 0 Å². The zero-order valence-electron chi connectivity index (χ0n) is 17.0. The zero-order valence-corrected chi connectivity index (χ0v) is 19.4. The number of carbonyl (C=O) groups is 1. The number of rotatable bonds is 5. The van der Waals surface area contributed by atoms with Crippen molar-refractivity contribution in [2.75, 3.05) is 5.06 Å². The first-order chi connectivity index (χ1) is 16.5. The summed E-state index contributed by atoms with van der Waals surface area (Å²) < 4.78 is 131. The molecule has 0 aliphatic heterocycles. The number of hydrogen-bond acceptors (Lipinski definition) is 4. The molecule has 1 N–H and O–H groups in total. The molecule has 0 radical (unpaired) electrons. The van der Waals surface area contributed by atoms with E-state index in [2.05, 4.69) is 20.9 Å². The molecule has 194 valence electrons. The lowest BCUT2D eigenvalue weighted by molar-refractivity contribution is -0.348. The van der Waals surface area contributed by atoms with Crippen molar-refractivity contribution < 1.29 is 53.7 Å². The lowest BCUT2D eigenvalue weighted by Crippen LogP contribution is -2.50. The molecular weight excluding hydrogens is 599 g/mol. The first-order valence-electron chi connectivity index (χ1n) is 9.24. The largest absolute Gasteiger partial charge is 0.435 e. The maximum Gasteiger partial charge on any atom is 0.435 e. The van der Waals surface area contributed by atoms with E-state index in [9.17, 15) is 53.7 Å². The van der Waals surface area contributed by atoms with E-state index in [0.717, 1.165) is 12.1 Å². The number of carbonyl (C=O) groups excluding carboxylic acids is 1. The highest BCUT2D eigenvalue weighted by molar-refractivity contribution is 9.10. The average molecular weight is 609 g/mol. The van der Waals surface area contributed by atoms with Crippen LogP contribution in [0.5, 0.6) is 0 Å². The molecule has 1 heterocycles. The van der Waals surface area contributed by atoms with Gasteiger partial charge in [-0.25, -0.2) is 8.60 Å². The molecule has 36 heavy (non-hydrogen) atoms. The second-order valence-electron chi connectivity index (χ2n) is 7.04. The summed E-state index contributed by atoms with van der Waals surface area (Å²) in [5.74, 6) is -5.30. The van der Waals surface area contributed by atoms with Crippen molar-refractivity contribution in [1.29, 1.82) is 0 Å². The van der Waals surface area contributed by atoms with Gasteiger partial charge in [-0.1, -0.05) is 12.1 Å². The number of aromatic nitrogens is 1. The van der Waals surface area contributed by atoms with Gasteiger partial charge in [0.2, 0.25) is 0 Å². The third kappa shape index (κ3) is 4.80. The number of nitrogens with zero attached hydrogens (tertiary/aromatic N) is 2. The van der Waals surface area contributed by atoms with Crippen LogP contribution in [0, 0.1) is 0 Å². The van der Waals surface area contributed by atoms with Gasteiger partial charge in [0.25, 0.3) is 5.91 Å². The smallest absolute Gasteiger partial charge is 0.281 e. The van der Waals surface area contributed by atoms with E-state index in [-0.39, 0.29) is 23.2 Å². The number of halogens is 10. The van der Waals surface area contributed by atoms with E-state index in [1.807, 2.05) is 0 Å². The number of pyridine rings is 1. The van der Waals surface area contributed by atoms with E-state index in [1.54, 1.807) is 12.1 Å². The molecule has 1 atom stereocenters. The molecule has 1 amide bonds. The minimum absolute atomic E-state index is 0.110. The van der Waals surface area contributed by atoms with Gasteiger partial charge in [-0.3, -0.25) is 15.0 Å². The van der Waals surface area contributed by atoms with Crippen molar-refractivity contribution in [3.63, 3.8) is 0 Å². The van der Waals surface area contributed by atoms with Gasteiger partial charge in [0.1, 0.15) is 16.5 Å². The standard InChI is InChI=1S/C20H10BrF9N2O3S/c21-12-7-11(18(24,19(25,26)27)20(28,29)30)8-14(36(35)17(22)23)15(12)32(34)16(33)10-4-3-9-2-1-5-31-13(9)6-10/h1-8,17,34H. The molecule has 16 heteroatoms. The number of anilines is 1. The average Bonchev–Trinajstić information content (AvgIpc) is 2.79. The molecular formula is C20H10BrF9N2O3S. The van der Waals surface area contributed by atoms with Gasteiger partial charge >= 0.3 is 23.8 Å². The molecule has 1 unspecified atom stereocenters. The molecule has 0 saturated carbocycles. The molecule has 2 aromatic carbocycles. The summed E-state index contributed by atoms with van der Waals surface area (Å²) in [7, 11) is -3.70. The Morgan fingerprint density at radius 3 is 2.17 bits per heavy atom. The summed E-state index contributed by atoms with van der Waals surface area (Å²) in [6, 6.07) is 6.36. The maximum atomic E-state index is 14.6. The molecule has 0 bridgehead atoms. The predicted octanol–water partition coefficient (Wildman–Crippen LogP) is 6.65. The lowest BCUT2D eigenvalue weighted by Gasteiger charge is -2.31. The van der Waals surface area contributed by atoms with Gasteiger partial charge in [0, 0.05) is 27.2 Å². The normalized spacial score (nSPS) is 13.8. The number of amides is 1. The quantitative estimate of drug-likeness (QED) is 0.200. The van der Waals surface area contributed by atoms with E-state index >= 15 is 0 Å². The van der Waals surface area contributed by atoms with Crippen molar-refractivity contribution in [3.05, 3.63) is 64.3 Å². The van der Waals surface area contributed by atoms with E-state index < -0.39 is 66.2 Å². The van der Waals surface area contributed by atoms with Crippen LogP contribution in [0.1, 0.15) is 15.9 Å². The highest BCUT2D eigenvalue weighted by Gasteiger charge is 2.73. The molecule has 0 saturated heterocycles. The number of fused-ring (bicyclic) bond motifs is 1. The Morgan fingerprint density at radius 2 is 1.61 bits per heavy atom. The number of benzene rings is 2. The van der Waals surface area contributed by atoms with Crippen LogP contribution in [-0.4, -0.2) is 38.4 Å². The molecule has 0 aliphatic carbocycles. The molecule has 3 aromatic rings. The van der Waals surface area contributed by atoms with Crippen LogP contribution in [0.15, 0.2) is 58.0 Å². The monoisotopic (exact) mass is 608 g/mol. The molecule has 0 fully saturated rings. The minimum Gasteiger partial charge on any atom is -0.281 e. The fourth-order valence-electron chi connectivity index (χ4n) is 3.14. The summed E-state index contributed by atoms with van der Waals surface area (Å²) in [6.07, 6.45) is -11.9. The maximum absolute atomic E-state index is 14.6. The van der Waals surface area contributed by atoms with Crippen LogP contribution in [0.4, 0.5) is 45.2 Å². The minimum atomic E-state index is -6.61. The highest BCUT2D eigenvalue weighted by Crippen LogP contribution is 2.54. The second-order valence-corrected chi connectivity index (χ2v) is 9.29. The van der Waals surface area contributed by atoms with Crippen molar-refractivity contribution >= 4 is 49.2 Å². The molecule has 5 nitrogen and oxygen atoms in total. The summed E-state index contributed by atoms with van der Waals surface area (Å²) in [5, 5.41) is 10.6. The van der Waals surface area contributed by atoms with Gasteiger partial charge in [0.15, 0.2) is 0 Å². The van der Waals surface area contributed by atoms with Gasteiger partial charge in [-0.2, -0.15) is 40.2 Å². The van der Waals surface area contributed by atoms with Crippen LogP contribution in [0.2, 0.25) is 0 Å². The van der Waals surface area contributed by atoms with Gasteiger partial charge in [-0.05, 0) is 46.3 Å². The second kappa shape index (κ2) is 9.63. The van der Waals surface area contributed by atoms with Crippen LogP contribution < -0.4 is 5.06 Å². The first kappa shape index (κ1) is 27.9. The first-order valence-corrected chi connectivity index (χ1v) is 11.2. The summed E-state index contributed by atoms with van der Waals surface area (Å²) >= 11 is 2.48. The van der Waals surface area contributed by atoms with Crippen molar-refractivity contribution in [2.45, 2.75) is 28.7 Å². The molecule has 3 rings (SSSR count). The number of hydrogen-bond donors (Lipinski definition) is 1. The highest BCUT2D eigenvalue weighted by atomic mass is 79.9. The van der Waals surface area contributed by atoms with Crippen LogP contribution in [0.3, 0.4) is 0 Å². The Bertz CT molecular complexity index is 1330. The molecule has 0 aliphatic rings. The predicted molar refractivity (Wildman–Crippen MR) is 112 cm³/mol. The number of hydroxylamine groups is 1. The molecule has 0 spiro atoms. The topological polar surface area (TPSA) is 70.5 Å². The Kier molecular flexibility index (Phi) is 7.45. The van der Waals surface area contributed by atoms with Crippen LogP contribution in [0.25, 0.3) is 10.9 Å². The molecule has 1 aromatic heterocycles. The summed E-state index contributed by atoms with van der Waals surface area (Å²) in [6.45, 7) is 0. The van der Waals surface area contributed by atoms with Crippen LogP contribution in [-0.2, 0) is 16.5 Å². The van der Waals surface area contributed by atoms with E-state index in [4.69, 9.17) is 0 Å². The third-order valence-corrected chi connectivity index (χ3v) is 6.52. The Morgan fingerprint density at radius 1 is 1.00 bits per heavy atom. The Balaban J connectivity index is 2.22. The number of alkyl halides is 9. The fraction of sp³-hybridized carbons (Fsp3) is 0.200. The summed E-state index contributed by atoms with van der Waals surface area (Å²) in [4.78, 5) is 15.2. The Hall–Kier alpha value is -2.72. The lowest BCUT2D eigenvalue weighted by atomic mass is 9.94. The van der Waals surface area contributed by atoms with Crippen molar-refractivity contribution in [3.8, 4) is 0 Å². The Labute approximate surface area is 206 Å². The zero-order chi connectivity index (χ0) is 27.2. The fourth-order valence-corrected chi connectivity index (χ4v) is 4.72. The van der Waals surface area contributed by atoms with E-state index in [1.165, 1.54) is 12.3 Å². The third-order valence-electron chi connectivity index (χ3n) is 4.84. The SMILES string of the molecule is O=C(c1ccc2cccnc2c1)N(O)c1c(Br)cc(C(F)(C(F)(F)F)C(F)(F)F)cc1S(=O)C(F)F. The van der Waals surface area contributed by atoms with Gasteiger partial charge in [-0.15, -0.1) is 0 Å².